The Balaban J connectivity index is 0.00000128. The Morgan fingerprint density at radius 1 is 1.12 bits per heavy atom. The van der Waals surface area contributed by atoms with Gasteiger partial charge in [-0.3, -0.25) is 0 Å². The summed E-state index contributed by atoms with van der Waals surface area (Å²) in [5.74, 6) is 0.987. The average molecular weight is 238 g/mol. The smallest absolute Gasteiger partial charge is 0.121 e. The highest BCUT2D eigenvalue weighted by atomic mass is 35.5. The highest BCUT2D eigenvalue weighted by Gasteiger charge is 2.11. The maximum absolute atomic E-state index is 5.40. The first-order valence-corrected chi connectivity index (χ1v) is 5.15. The normalized spacial score (nSPS) is 11.8. The lowest BCUT2D eigenvalue weighted by molar-refractivity contribution is 0.429. The van der Waals surface area contributed by atoms with Crippen LogP contribution in [0.2, 0.25) is 0 Å². The minimum atomic E-state index is 0. The molecule has 1 unspecified atom stereocenters. The van der Waals surface area contributed by atoms with Crippen molar-refractivity contribution in [2.45, 2.75) is 12.5 Å². The second kappa shape index (κ2) is 6.36. The number of halogens is 1. The summed E-state index contributed by atoms with van der Waals surface area (Å²) in [6.07, 6.45) is 2.66. The van der Waals surface area contributed by atoms with Crippen LogP contribution in [-0.4, -0.2) is 7.05 Å². The van der Waals surface area contributed by atoms with E-state index in [0.29, 0.717) is 0 Å². The largest absolute Gasteiger partial charge is 0.468 e. The summed E-state index contributed by atoms with van der Waals surface area (Å²) in [6.45, 7) is 0. The molecule has 2 nitrogen and oxygen atoms in total. The highest BCUT2D eigenvalue weighted by molar-refractivity contribution is 5.85. The fourth-order valence-electron chi connectivity index (χ4n) is 1.68. The van der Waals surface area contributed by atoms with Gasteiger partial charge in [0.25, 0.3) is 0 Å². The Hall–Kier alpha value is -1.25. The van der Waals surface area contributed by atoms with Crippen molar-refractivity contribution in [3.63, 3.8) is 0 Å². The molecule has 1 aromatic carbocycles. The van der Waals surface area contributed by atoms with Crippen LogP contribution >= 0.6 is 12.4 Å². The molecule has 0 fully saturated rings. The van der Waals surface area contributed by atoms with Crippen LogP contribution in [0.3, 0.4) is 0 Å². The molecule has 1 aromatic heterocycles. The lowest BCUT2D eigenvalue weighted by atomic mass is 10.0. The van der Waals surface area contributed by atoms with E-state index in [1.807, 2.05) is 25.2 Å². The summed E-state index contributed by atoms with van der Waals surface area (Å²) in [5.41, 5.74) is 1.31. The molecule has 16 heavy (non-hydrogen) atoms. The van der Waals surface area contributed by atoms with Crippen molar-refractivity contribution in [2.24, 2.45) is 0 Å². The van der Waals surface area contributed by atoms with Crippen LogP contribution < -0.4 is 5.32 Å². The van der Waals surface area contributed by atoms with E-state index in [-0.39, 0.29) is 18.4 Å². The molecule has 0 radical (unpaired) electrons. The quantitative estimate of drug-likeness (QED) is 0.884. The predicted octanol–water partition coefficient (Wildman–Crippen LogP) is 3.20. The maximum Gasteiger partial charge on any atom is 0.121 e. The molecule has 2 rings (SSSR count). The Morgan fingerprint density at radius 3 is 2.44 bits per heavy atom. The Labute approximate surface area is 102 Å². The first-order valence-electron chi connectivity index (χ1n) is 5.15. The number of nitrogens with one attached hydrogen (secondary N) is 1. The zero-order valence-corrected chi connectivity index (χ0v) is 10.0. The molecule has 0 spiro atoms. The number of hydrogen-bond donors (Lipinski definition) is 1. The Morgan fingerprint density at radius 2 is 1.88 bits per heavy atom. The van der Waals surface area contributed by atoms with E-state index in [1.165, 1.54) is 5.56 Å². The van der Waals surface area contributed by atoms with Gasteiger partial charge in [0.2, 0.25) is 0 Å². The van der Waals surface area contributed by atoms with E-state index in [0.717, 1.165) is 12.2 Å². The van der Waals surface area contributed by atoms with Crippen LogP contribution in [0.1, 0.15) is 17.4 Å². The third-order valence-electron chi connectivity index (χ3n) is 2.52. The zero-order chi connectivity index (χ0) is 10.5. The van der Waals surface area contributed by atoms with Gasteiger partial charge in [-0.05, 0) is 31.2 Å². The van der Waals surface area contributed by atoms with Gasteiger partial charge in [-0.1, -0.05) is 30.3 Å². The standard InChI is InChI=1S/C13H15NO.ClH/c1-14-12(13-8-5-9-15-13)10-11-6-3-2-4-7-11;/h2-9,12,14H,10H2,1H3;1H. The second-order valence-corrected chi connectivity index (χ2v) is 3.55. The van der Waals surface area contributed by atoms with Crippen LogP contribution in [-0.2, 0) is 6.42 Å². The summed E-state index contributed by atoms with van der Waals surface area (Å²) in [7, 11) is 1.95. The molecule has 0 aliphatic carbocycles. The predicted molar refractivity (Wildman–Crippen MR) is 67.9 cm³/mol. The lowest BCUT2D eigenvalue weighted by Gasteiger charge is -2.13. The molecule has 2 aromatic rings. The Kier molecular flexibility index (Phi) is 5.09. The summed E-state index contributed by atoms with van der Waals surface area (Å²) in [6, 6.07) is 14.6. The van der Waals surface area contributed by atoms with E-state index in [1.54, 1.807) is 6.26 Å². The molecule has 86 valence electrons. The molecular formula is C13H16ClNO. The molecule has 1 atom stereocenters. The second-order valence-electron chi connectivity index (χ2n) is 3.55. The fourth-order valence-corrected chi connectivity index (χ4v) is 1.68. The molecule has 3 heteroatoms. The number of benzene rings is 1. The summed E-state index contributed by atoms with van der Waals surface area (Å²) < 4.78 is 5.40. The van der Waals surface area contributed by atoms with E-state index < -0.39 is 0 Å². The van der Waals surface area contributed by atoms with E-state index in [9.17, 15) is 0 Å². The number of hydrogen-bond acceptors (Lipinski definition) is 2. The molecule has 0 bridgehead atoms. The number of rotatable bonds is 4. The topological polar surface area (TPSA) is 25.2 Å². The minimum Gasteiger partial charge on any atom is -0.468 e. The minimum absolute atomic E-state index is 0. The molecule has 0 aliphatic rings. The van der Waals surface area contributed by atoms with Crippen molar-refractivity contribution in [2.75, 3.05) is 7.05 Å². The maximum atomic E-state index is 5.40. The van der Waals surface area contributed by atoms with Crippen molar-refractivity contribution in [1.82, 2.24) is 5.32 Å². The molecule has 0 saturated heterocycles. The van der Waals surface area contributed by atoms with Crippen LogP contribution in [0.5, 0.6) is 0 Å². The van der Waals surface area contributed by atoms with Crippen molar-refractivity contribution >= 4 is 12.4 Å². The fraction of sp³-hybridized carbons (Fsp3) is 0.231. The van der Waals surface area contributed by atoms with Gasteiger partial charge >= 0.3 is 0 Å². The molecular weight excluding hydrogens is 222 g/mol. The van der Waals surface area contributed by atoms with Crippen LogP contribution in [0.4, 0.5) is 0 Å². The summed E-state index contributed by atoms with van der Waals surface area (Å²) >= 11 is 0. The average Bonchev–Trinajstić information content (AvgIpc) is 2.81. The Bertz CT molecular complexity index is 386. The lowest BCUT2D eigenvalue weighted by Crippen LogP contribution is -2.18. The molecule has 0 aliphatic heterocycles. The van der Waals surface area contributed by atoms with Crippen LogP contribution in [0.25, 0.3) is 0 Å². The number of furan rings is 1. The molecule has 0 amide bonds. The van der Waals surface area contributed by atoms with Crippen LogP contribution in [0.15, 0.2) is 53.1 Å². The van der Waals surface area contributed by atoms with E-state index in [4.69, 9.17) is 4.42 Å². The molecule has 1 heterocycles. The third kappa shape index (κ3) is 3.12. The first kappa shape index (κ1) is 12.8. The van der Waals surface area contributed by atoms with Crippen molar-refractivity contribution in [3.05, 3.63) is 60.1 Å². The molecule has 1 N–H and O–H groups in total. The first-order chi connectivity index (χ1) is 7.40. The van der Waals surface area contributed by atoms with Gasteiger partial charge < -0.3 is 9.73 Å². The highest BCUT2D eigenvalue weighted by Crippen LogP contribution is 2.18. The summed E-state index contributed by atoms with van der Waals surface area (Å²) in [5, 5.41) is 3.26. The van der Waals surface area contributed by atoms with Crippen molar-refractivity contribution in [3.8, 4) is 0 Å². The van der Waals surface area contributed by atoms with Gasteiger partial charge in [0.15, 0.2) is 0 Å². The van der Waals surface area contributed by atoms with Gasteiger partial charge in [-0.25, -0.2) is 0 Å². The van der Waals surface area contributed by atoms with Gasteiger partial charge in [-0.2, -0.15) is 0 Å². The summed E-state index contributed by atoms with van der Waals surface area (Å²) in [4.78, 5) is 0. The van der Waals surface area contributed by atoms with E-state index >= 15 is 0 Å². The van der Waals surface area contributed by atoms with Crippen molar-refractivity contribution in [1.29, 1.82) is 0 Å². The monoisotopic (exact) mass is 237 g/mol. The zero-order valence-electron chi connectivity index (χ0n) is 9.22. The van der Waals surface area contributed by atoms with Crippen LogP contribution in [0, 0.1) is 0 Å². The van der Waals surface area contributed by atoms with Gasteiger partial charge in [0.05, 0.1) is 12.3 Å². The SMILES string of the molecule is CNC(Cc1ccccc1)c1ccco1.Cl. The van der Waals surface area contributed by atoms with Gasteiger partial charge in [0, 0.05) is 0 Å². The van der Waals surface area contributed by atoms with E-state index in [2.05, 4.69) is 29.6 Å². The number of likely N-dealkylation sites (N-methyl/N-ethyl adjacent to an activating group) is 1. The van der Waals surface area contributed by atoms with Gasteiger partial charge in [0.1, 0.15) is 5.76 Å². The third-order valence-corrected chi connectivity index (χ3v) is 2.52. The van der Waals surface area contributed by atoms with Gasteiger partial charge in [-0.15, -0.1) is 12.4 Å². The van der Waals surface area contributed by atoms with Crippen molar-refractivity contribution < 1.29 is 4.42 Å². The molecule has 0 saturated carbocycles.